The van der Waals surface area contributed by atoms with Crippen LogP contribution in [0.5, 0.6) is 0 Å². The van der Waals surface area contributed by atoms with E-state index in [1.165, 1.54) is 0 Å². The summed E-state index contributed by atoms with van der Waals surface area (Å²) in [6, 6.07) is 0. The van der Waals surface area contributed by atoms with Gasteiger partial charge in [-0.25, -0.2) is 0 Å². The number of aliphatic carboxylic acids is 2. The molecule has 0 radical (unpaired) electrons. The molecule has 0 aromatic rings. The third-order valence-corrected chi connectivity index (χ3v) is 10.1. The van der Waals surface area contributed by atoms with Crippen molar-refractivity contribution in [3.05, 3.63) is 0 Å². The van der Waals surface area contributed by atoms with Gasteiger partial charge in [0, 0.05) is 0 Å². The van der Waals surface area contributed by atoms with Gasteiger partial charge in [-0.05, 0) is 0 Å². The van der Waals surface area contributed by atoms with Gasteiger partial charge in [0.25, 0.3) is 0 Å². The first-order valence-electron chi connectivity index (χ1n) is 4.20. The van der Waals surface area contributed by atoms with Gasteiger partial charge in [-0.15, -0.1) is 0 Å². The summed E-state index contributed by atoms with van der Waals surface area (Å²) in [5.41, 5.74) is 0. The molecule has 0 bridgehead atoms. The van der Waals surface area contributed by atoms with Crippen LogP contribution in [-0.4, -0.2) is 49.7 Å². The zero-order chi connectivity index (χ0) is 12.2. The summed E-state index contributed by atoms with van der Waals surface area (Å²) in [6.45, 7) is 0. The molecule has 0 aromatic heterocycles. The molecule has 6 heteroatoms. The van der Waals surface area contributed by atoms with Crippen LogP contribution in [0.1, 0.15) is 6.42 Å². The fraction of sp³-hybridized carbons (Fsp3) is 0.778. The van der Waals surface area contributed by atoms with Crippen LogP contribution >= 0.6 is 39.6 Å². The summed E-state index contributed by atoms with van der Waals surface area (Å²) in [5.74, 6) is -1.62. The Bertz CT molecular complexity index is 216. The molecule has 0 rings (SSSR count). The van der Waals surface area contributed by atoms with Crippen LogP contribution < -0.4 is 0 Å². The van der Waals surface area contributed by atoms with Crippen molar-refractivity contribution < 1.29 is 19.8 Å². The van der Waals surface area contributed by atoms with Crippen LogP contribution in [0.3, 0.4) is 0 Å². The van der Waals surface area contributed by atoms with Gasteiger partial charge in [-0.3, -0.25) is 0 Å². The number of carboxylic acids is 2. The van der Waals surface area contributed by atoms with Crippen molar-refractivity contribution in [3.8, 4) is 0 Å². The molecule has 0 fully saturated rings. The molecule has 4 nitrogen and oxygen atoms in total. The van der Waals surface area contributed by atoms with Crippen molar-refractivity contribution in [1.29, 1.82) is 0 Å². The summed E-state index contributed by atoms with van der Waals surface area (Å²) in [4.78, 5) is 29.9. The Hall–Kier alpha value is 0.400. The first-order valence-corrected chi connectivity index (χ1v) is 15.3. The zero-order valence-electron chi connectivity index (χ0n) is 9.33. The van der Waals surface area contributed by atoms with Gasteiger partial charge in [0.15, 0.2) is 0 Å². The van der Waals surface area contributed by atoms with Gasteiger partial charge >= 0.3 is 105 Å². The summed E-state index contributed by atoms with van der Waals surface area (Å²) in [5, 5.41) is 18.0. The Labute approximate surface area is 105 Å². The van der Waals surface area contributed by atoms with Crippen LogP contribution in [-0.2, 0) is 9.59 Å². The van der Waals surface area contributed by atoms with Crippen molar-refractivity contribution in [1.82, 2.24) is 0 Å². The van der Waals surface area contributed by atoms with E-state index in [1.807, 2.05) is 19.7 Å². The Morgan fingerprint density at radius 1 is 0.933 bits per heavy atom. The molecule has 92 valence electrons. The first kappa shape index (κ1) is 15.4. The second-order valence-electron chi connectivity index (χ2n) is 3.48. The Kier molecular flexibility index (Phi) is 7.05. The standard InChI is InChI=1S/C9H18I2O4/c1-10(2)6(8(12)13)5-7(9(14)15)11(3)4/h6-7H,5H2,1-4H3,(H,12,13)(H,14,15). The van der Waals surface area contributed by atoms with E-state index in [1.54, 1.807) is 0 Å². The molecule has 15 heavy (non-hydrogen) atoms. The number of alkyl halides is 6. The van der Waals surface area contributed by atoms with E-state index in [2.05, 4.69) is 0 Å². The third kappa shape index (κ3) is 5.32. The molecule has 0 aromatic carbocycles. The second-order valence-corrected chi connectivity index (χ2v) is 15.8. The van der Waals surface area contributed by atoms with Crippen LogP contribution in [0.4, 0.5) is 0 Å². The van der Waals surface area contributed by atoms with Crippen molar-refractivity contribution >= 4 is 51.6 Å². The maximum absolute atomic E-state index is 11.0. The first-order chi connectivity index (χ1) is 6.77. The van der Waals surface area contributed by atoms with E-state index >= 15 is 0 Å². The fourth-order valence-electron chi connectivity index (χ4n) is 1.11. The fourth-order valence-corrected chi connectivity index (χ4v) is 7.27. The van der Waals surface area contributed by atoms with E-state index in [0.717, 1.165) is 0 Å². The molecule has 0 heterocycles. The molecule has 0 amide bonds. The van der Waals surface area contributed by atoms with Gasteiger partial charge in [0.05, 0.1) is 0 Å². The monoisotopic (exact) mass is 444 g/mol. The van der Waals surface area contributed by atoms with Crippen LogP contribution in [0, 0.1) is 0 Å². The molecule has 0 aliphatic carbocycles. The molecule has 0 spiro atoms. The van der Waals surface area contributed by atoms with Gasteiger partial charge in [0.1, 0.15) is 0 Å². The minimum absolute atomic E-state index is 0.348. The number of hydrogen-bond donors (Lipinski definition) is 2. The van der Waals surface area contributed by atoms with E-state index in [-0.39, 0.29) is 7.85 Å². The Morgan fingerprint density at radius 2 is 1.20 bits per heavy atom. The molecule has 2 N–H and O–H groups in total. The number of carboxylic acid groups (broad SMARTS) is 2. The van der Waals surface area contributed by atoms with Crippen molar-refractivity contribution in [2.45, 2.75) is 14.3 Å². The molecule has 0 aliphatic rings. The molecular formula is C9H18I2O4. The minimum atomic E-state index is -1.49. The topological polar surface area (TPSA) is 74.6 Å². The van der Waals surface area contributed by atoms with E-state index in [9.17, 15) is 9.59 Å². The number of halogens is 2. The van der Waals surface area contributed by atoms with Gasteiger partial charge in [-0.1, -0.05) is 0 Å². The Morgan fingerprint density at radius 3 is 1.33 bits per heavy atom. The predicted molar refractivity (Wildman–Crippen MR) is 79.2 cm³/mol. The summed E-state index contributed by atoms with van der Waals surface area (Å²) >= 11 is -2.97. The molecule has 0 saturated heterocycles. The van der Waals surface area contributed by atoms with Crippen molar-refractivity contribution in [2.75, 3.05) is 19.7 Å². The van der Waals surface area contributed by atoms with Crippen LogP contribution in [0.15, 0.2) is 0 Å². The van der Waals surface area contributed by atoms with E-state index in [0.29, 0.717) is 6.42 Å². The normalized spacial score (nSPS) is 16.5. The molecule has 0 saturated carbocycles. The van der Waals surface area contributed by atoms with Crippen molar-refractivity contribution in [3.63, 3.8) is 0 Å². The van der Waals surface area contributed by atoms with Gasteiger partial charge in [0.2, 0.25) is 0 Å². The summed E-state index contributed by atoms with van der Waals surface area (Å²) in [7, 11) is 0. The van der Waals surface area contributed by atoms with Gasteiger partial charge in [-0.2, -0.15) is 0 Å². The van der Waals surface area contributed by atoms with E-state index in [4.69, 9.17) is 10.2 Å². The van der Waals surface area contributed by atoms with Crippen molar-refractivity contribution in [2.24, 2.45) is 0 Å². The average molecular weight is 444 g/mol. The second kappa shape index (κ2) is 6.87. The zero-order valence-corrected chi connectivity index (χ0v) is 13.6. The summed E-state index contributed by atoms with van der Waals surface area (Å²) in [6.07, 6.45) is 0.348. The van der Waals surface area contributed by atoms with Crippen LogP contribution in [0.2, 0.25) is 0 Å². The quantitative estimate of drug-likeness (QED) is 0.485. The molecule has 2 atom stereocenters. The number of rotatable bonds is 6. The average Bonchev–Trinajstić information content (AvgIpc) is 2.01. The molecule has 2 unspecified atom stereocenters. The summed E-state index contributed by atoms with van der Waals surface area (Å²) < 4.78 is -0.759. The SMILES string of the molecule is CI(C)C(CC(C(=O)O)I(C)C)C(=O)O. The number of carbonyl (C=O) groups is 2. The van der Waals surface area contributed by atoms with Crippen LogP contribution in [0.25, 0.3) is 0 Å². The Balaban J connectivity index is 4.62. The number of hydrogen-bond acceptors (Lipinski definition) is 2. The predicted octanol–water partition coefficient (Wildman–Crippen LogP) is 1.81. The maximum atomic E-state index is 11.0. The van der Waals surface area contributed by atoms with Gasteiger partial charge < -0.3 is 0 Å². The molecular weight excluding hydrogens is 426 g/mol. The molecule has 0 aliphatic heterocycles. The van der Waals surface area contributed by atoms with E-state index < -0.39 is 51.6 Å². The third-order valence-electron chi connectivity index (χ3n) is 2.00.